The van der Waals surface area contributed by atoms with Crippen molar-refractivity contribution in [3.05, 3.63) is 94.8 Å². The van der Waals surface area contributed by atoms with Gasteiger partial charge in [0.1, 0.15) is 0 Å². The number of carbonyl (C=O) groups is 1. The van der Waals surface area contributed by atoms with E-state index in [0.29, 0.717) is 17.8 Å². The molecule has 3 rings (SSSR count). The largest absolute Gasteiger partial charge is 0.346 e. The van der Waals surface area contributed by atoms with Crippen molar-refractivity contribution >= 4 is 21.6 Å². The third kappa shape index (κ3) is 5.67. The minimum absolute atomic E-state index is 0.192. The van der Waals surface area contributed by atoms with Gasteiger partial charge in [0, 0.05) is 11.8 Å². The van der Waals surface area contributed by atoms with Gasteiger partial charge in [-0.2, -0.15) is 0 Å². The van der Waals surface area contributed by atoms with E-state index in [0.717, 1.165) is 22.4 Å². The van der Waals surface area contributed by atoms with Crippen molar-refractivity contribution in [3.63, 3.8) is 0 Å². The van der Waals surface area contributed by atoms with Gasteiger partial charge in [-0.3, -0.25) is 14.1 Å². The second kappa shape index (κ2) is 9.09. The summed E-state index contributed by atoms with van der Waals surface area (Å²) in [4.78, 5) is 16.5. The lowest BCUT2D eigenvalue weighted by Gasteiger charge is -2.23. The third-order valence-electron chi connectivity index (χ3n) is 4.59. The highest BCUT2D eigenvalue weighted by atomic mass is 32.2. The van der Waals surface area contributed by atoms with E-state index in [1.807, 2.05) is 50.2 Å². The van der Waals surface area contributed by atoms with Crippen LogP contribution in [-0.4, -0.2) is 25.6 Å². The summed E-state index contributed by atoms with van der Waals surface area (Å²) in [5.74, 6) is -0.207. The van der Waals surface area contributed by atoms with Gasteiger partial charge in [-0.25, -0.2) is 8.42 Å². The molecule has 0 aliphatic heterocycles. The number of aryl methyl sites for hydroxylation is 2. The van der Waals surface area contributed by atoms with Crippen LogP contribution in [0.1, 0.15) is 32.7 Å². The Balaban J connectivity index is 1.73. The maximum absolute atomic E-state index is 12.4. The average molecular weight is 424 g/mol. The zero-order valence-electron chi connectivity index (χ0n) is 17.3. The van der Waals surface area contributed by atoms with Gasteiger partial charge in [-0.1, -0.05) is 24.3 Å². The average Bonchev–Trinajstić information content (AvgIpc) is 2.70. The molecule has 0 atom stereocenters. The van der Waals surface area contributed by atoms with Crippen LogP contribution in [0.2, 0.25) is 0 Å². The number of hydrogen-bond acceptors (Lipinski definition) is 4. The molecule has 0 unspecified atom stereocenters. The molecule has 7 heteroatoms. The number of hydrogen-bond donors (Lipinski definition) is 1. The Morgan fingerprint density at radius 2 is 1.67 bits per heavy atom. The Labute approximate surface area is 177 Å². The molecule has 0 bridgehead atoms. The Morgan fingerprint density at radius 1 is 1.00 bits per heavy atom. The van der Waals surface area contributed by atoms with Crippen molar-refractivity contribution in [2.75, 3.05) is 10.6 Å². The van der Waals surface area contributed by atoms with Gasteiger partial charge < -0.3 is 5.32 Å². The summed E-state index contributed by atoms with van der Waals surface area (Å²) < 4.78 is 26.2. The minimum Gasteiger partial charge on any atom is -0.346 e. The number of rotatable bonds is 7. The molecule has 6 nitrogen and oxygen atoms in total. The lowest BCUT2D eigenvalue weighted by molar-refractivity contribution is 0.0950. The number of nitrogens with zero attached hydrogens (tertiary/aromatic N) is 2. The molecule has 3 aromatic rings. The predicted molar refractivity (Wildman–Crippen MR) is 119 cm³/mol. The summed E-state index contributed by atoms with van der Waals surface area (Å²) in [7, 11) is -3.47. The van der Waals surface area contributed by atoms with Crippen molar-refractivity contribution in [2.45, 2.75) is 26.9 Å². The fourth-order valence-electron chi connectivity index (χ4n) is 3.20. The Kier molecular flexibility index (Phi) is 6.52. The number of benzene rings is 2. The van der Waals surface area contributed by atoms with E-state index in [1.165, 1.54) is 10.6 Å². The molecule has 1 aromatic heterocycles. The van der Waals surface area contributed by atoms with E-state index < -0.39 is 10.0 Å². The van der Waals surface area contributed by atoms with E-state index in [4.69, 9.17) is 0 Å². The molecule has 0 aliphatic carbocycles. The van der Waals surface area contributed by atoms with Gasteiger partial charge in [-0.05, 0) is 66.9 Å². The monoisotopic (exact) mass is 423 g/mol. The number of pyridine rings is 1. The van der Waals surface area contributed by atoms with Crippen LogP contribution in [0, 0.1) is 13.8 Å². The second-order valence-corrected chi connectivity index (χ2v) is 9.22. The molecular formula is C23H25N3O3S. The summed E-state index contributed by atoms with van der Waals surface area (Å²) >= 11 is 0. The van der Waals surface area contributed by atoms with Crippen LogP contribution in [0.5, 0.6) is 0 Å². The standard InChI is InChI=1S/C23H25N3O3S/c1-17-12-18(2)14-22(13-17)26(30(3,28)29)16-19-7-9-20(10-8-19)23(27)25-15-21-6-4-5-11-24-21/h4-14H,15-16H2,1-3H3,(H,25,27). The Hall–Kier alpha value is -3.19. The SMILES string of the molecule is Cc1cc(C)cc(N(Cc2ccc(C(=O)NCc3ccccn3)cc2)S(C)(=O)=O)c1. The van der Waals surface area contributed by atoms with Gasteiger partial charge in [0.2, 0.25) is 10.0 Å². The molecule has 0 fully saturated rings. The predicted octanol–water partition coefficient (Wildman–Crippen LogP) is 3.59. The smallest absolute Gasteiger partial charge is 0.251 e. The van der Waals surface area contributed by atoms with Crippen molar-refractivity contribution in [2.24, 2.45) is 0 Å². The van der Waals surface area contributed by atoms with Crippen LogP contribution in [0.4, 0.5) is 5.69 Å². The van der Waals surface area contributed by atoms with Gasteiger partial charge in [-0.15, -0.1) is 0 Å². The zero-order chi connectivity index (χ0) is 21.7. The normalized spacial score (nSPS) is 11.2. The van der Waals surface area contributed by atoms with Gasteiger partial charge >= 0.3 is 0 Å². The first-order valence-corrected chi connectivity index (χ1v) is 11.4. The number of sulfonamides is 1. The molecule has 0 saturated carbocycles. The van der Waals surface area contributed by atoms with Crippen molar-refractivity contribution in [1.82, 2.24) is 10.3 Å². The first kappa shape index (κ1) is 21.5. The summed E-state index contributed by atoms with van der Waals surface area (Å²) in [6.07, 6.45) is 2.88. The van der Waals surface area contributed by atoms with Crippen LogP contribution in [0.15, 0.2) is 66.9 Å². The highest BCUT2D eigenvalue weighted by molar-refractivity contribution is 7.92. The second-order valence-electron chi connectivity index (χ2n) is 7.32. The molecule has 1 amide bonds. The van der Waals surface area contributed by atoms with Gasteiger partial charge in [0.05, 0.1) is 30.7 Å². The third-order valence-corrected chi connectivity index (χ3v) is 5.73. The molecule has 1 heterocycles. The number of carbonyl (C=O) groups excluding carboxylic acids is 1. The molecule has 156 valence electrons. The van der Waals surface area contributed by atoms with Gasteiger partial charge in [0.15, 0.2) is 0 Å². The van der Waals surface area contributed by atoms with E-state index in [2.05, 4.69) is 10.3 Å². The van der Waals surface area contributed by atoms with Crippen molar-refractivity contribution in [3.8, 4) is 0 Å². The van der Waals surface area contributed by atoms with Crippen LogP contribution >= 0.6 is 0 Å². The van der Waals surface area contributed by atoms with Gasteiger partial charge in [0.25, 0.3) is 5.91 Å². The van der Waals surface area contributed by atoms with Crippen LogP contribution in [-0.2, 0) is 23.1 Å². The van der Waals surface area contributed by atoms with Crippen LogP contribution in [0.25, 0.3) is 0 Å². The van der Waals surface area contributed by atoms with E-state index in [1.54, 1.807) is 30.5 Å². The summed E-state index contributed by atoms with van der Waals surface area (Å²) in [5.41, 5.74) is 4.71. The molecule has 0 spiro atoms. The summed E-state index contributed by atoms with van der Waals surface area (Å²) in [6.45, 7) is 4.41. The fourth-order valence-corrected chi connectivity index (χ4v) is 4.07. The number of aromatic nitrogens is 1. The number of amides is 1. The molecular weight excluding hydrogens is 398 g/mol. The maximum atomic E-state index is 12.4. The molecule has 2 aromatic carbocycles. The van der Waals surface area contributed by atoms with E-state index >= 15 is 0 Å². The van der Waals surface area contributed by atoms with E-state index in [9.17, 15) is 13.2 Å². The highest BCUT2D eigenvalue weighted by Gasteiger charge is 2.19. The summed E-state index contributed by atoms with van der Waals surface area (Å²) in [6, 6.07) is 18.2. The molecule has 0 aliphatic rings. The number of anilines is 1. The quantitative estimate of drug-likeness (QED) is 0.630. The molecule has 30 heavy (non-hydrogen) atoms. The van der Waals surface area contributed by atoms with E-state index in [-0.39, 0.29) is 12.5 Å². The zero-order valence-corrected chi connectivity index (χ0v) is 18.1. The Morgan fingerprint density at radius 3 is 2.23 bits per heavy atom. The fraction of sp³-hybridized carbons (Fsp3) is 0.217. The van der Waals surface area contributed by atoms with Crippen LogP contribution < -0.4 is 9.62 Å². The first-order valence-electron chi connectivity index (χ1n) is 9.55. The minimum atomic E-state index is -3.47. The summed E-state index contributed by atoms with van der Waals surface area (Å²) in [5, 5.41) is 2.83. The molecule has 1 N–H and O–H groups in total. The Bertz CT molecular complexity index is 1110. The highest BCUT2D eigenvalue weighted by Crippen LogP contribution is 2.23. The molecule has 0 saturated heterocycles. The number of nitrogens with one attached hydrogen (secondary N) is 1. The lowest BCUT2D eigenvalue weighted by Crippen LogP contribution is -2.29. The topological polar surface area (TPSA) is 79.4 Å². The first-order chi connectivity index (χ1) is 14.2. The van der Waals surface area contributed by atoms with Crippen molar-refractivity contribution < 1.29 is 13.2 Å². The lowest BCUT2D eigenvalue weighted by atomic mass is 10.1. The maximum Gasteiger partial charge on any atom is 0.251 e. The molecule has 0 radical (unpaired) electrons. The van der Waals surface area contributed by atoms with Crippen molar-refractivity contribution in [1.29, 1.82) is 0 Å². The van der Waals surface area contributed by atoms with Crippen LogP contribution in [0.3, 0.4) is 0 Å².